The number of amides is 1. The van der Waals surface area contributed by atoms with Gasteiger partial charge in [-0.3, -0.25) is 9.89 Å². The van der Waals surface area contributed by atoms with E-state index in [0.717, 1.165) is 5.56 Å². The van der Waals surface area contributed by atoms with Gasteiger partial charge < -0.3 is 9.64 Å². The highest BCUT2D eigenvalue weighted by molar-refractivity contribution is 6.33. The molecule has 1 saturated heterocycles. The van der Waals surface area contributed by atoms with E-state index in [-0.39, 0.29) is 18.1 Å². The van der Waals surface area contributed by atoms with Crippen LogP contribution in [0.4, 0.5) is 0 Å². The lowest BCUT2D eigenvalue weighted by Gasteiger charge is -2.36. The van der Waals surface area contributed by atoms with Crippen molar-refractivity contribution >= 4 is 17.5 Å². The number of H-pyrrole nitrogens is 1. The summed E-state index contributed by atoms with van der Waals surface area (Å²) in [5, 5.41) is 7.65. The van der Waals surface area contributed by atoms with Crippen LogP contribution in [0.5, 0.6) is 0 Å². The molecule has 0 radical (unpaired) electrons. The number of nitrogens with zero attached hydrogens (tertiary/aromatic N) is 2. The average molecular weight is 320 g/mol. The zero-order chi connectivity index (χ0) is 15.7. The number of nitrogens with one attached hydrogen (secondary N) is 1. The number of hydrogen-bond donors (Lipinski definition) is 1. The molecule has 0 unspecified atom stereocenters. The Kier molecular flexibility index (Phi) is 4.18. The molecule has 1 N–H and O–H groups in total. The zero-order valence-corrected chi connectivity index (χ0v) is 13.3. The van der Waals surface area contributed by atoms with Crippen molar-refractivity contribution in [3.8, 4) is 11.3 Å². The van der Waals surface area contributed by atoms with E-state index in [1.54, 1.807) is 12.1 Å². The lowest BCUT2D eigenvalue weighted by atomic mass is 10.1. The third-order valence-electron chi connectivity index (χ3n) is 3.83. The molecule has 1 aromatic carbocycles. The highest BCUT2D eigenvalue weighted by Crippen LogP contribution is 2.26. The summed E-state index contributed by atoms with van der Waals surface area (Å²) in [6.07, 6.45) is 0.0473. The van der Waals surface area contributed by atoms with Crippen LogP contribution < -0.4 is 0 Å². The first kappa shape index (κ1) is 15.1. The van der Waals surface area contributed by atoms with Crippen molar-refractivity contribution < 1.29 is 9.53 Å². The zero-order valence-electron chi connectivity index (χ0n) is 12.5. The van der Waals surface area contributed by atoms with E-state index < -0.39 is 0 Å². The number of halogens is 1. The summed E-state index contributed by atoms with van der Waals surface area (Å²) in [6.45, 7) is 5.09. The number of aromatic nitrogens is 2. The second-order valence-electron chi connectivity index (χ2n) is 5.60. The fraction of sp³-hybridized carbons (Fsp3) is 0.375. The monoisotopic (exact) mass is 319 g/mol. The van der Waals surface area contributed by atoms with Gasteiger partial charge in [0.1, 0.15) is 5.69 Å². The van der Waals surface area contributed by atoms with E-state index in [9.17, 15) is 4.79 Å². The molecule has 0 aliphatic carbocycles. The maximum atomic E-state index is 12.7. The first-order chi connectivity index (χ1) is 10.6. The van der Waals surface area contributed by atoms with Gasteiger partial charge in [-0.2, -0.15) is 5.10 Å². The van der Waals surface area contributed by atoms with Crippen molar-refractivity contribution in [2.45, 2.75) is 26.0 Å². The molecule has 0 spiro atoms. The van der Waals surface area contributed by atoms with Crippen molar-refractivity contribution in [1.29, 1.82) is 0 Å². The van der Waals surface area contributed by atoms with Crippen LogP contribution in [0.15, 0.2) is 30.3 Å². The first-order valence-corrected chi connectivity index (χ1v) is 7.67. The molecule has 6 heteroatoms. The Labute approximate surface area is 134 Å². The summed E-state index contributed by atoms with van der Waals surface area (Å²) in [4.78, 5) is 14.5. The van der Waals surface area contributed by atoms with Crippen LogP contribution in [0.2, 0.25) is 5.02 Å². The third-order valence-corrected chi connectivity index (χ3v) is 4.16. The number of hydrogen-bond acceptors (Lipinski definition) is 3. The molecule has 116 valence electrons. The molecule has 2 aromatic rings. The smallest absolute Gasteiger partial charge is 0.272 e. The van der Waals surface area contributed by atoms with Gasteiger partial charge in [-0.25, -0.2) is 0 Å². The summed E-state index contributed by atoms with van der Waals surface area (Å²) in [5.41, 5.74) is 1.95. The Balaban J connectivity index is 1.84. The van der Waals surface area contributed by atoms with Crippen LogP contribution in [-0.4, -0.2) is 46.3 Å². The summed E-state index contributed by atoms with van der Waals surface area (Å²) >= 11 is 6.17. The van der Waals surface area contributed by atoms with Gasteiger partial charge in [-0.1, -0.05) is 29.8 Å². The maximum absolute atomic E-state index is 12.7. The molecule has 0 bridgehead atoms. The Morgan fingerprint density at radius 2 is 2.18 bits per heavy atom. The number of carbonyl (C=O) groups excluding carboxylic acids is 1. The van der Waals surface area contributed by atoms with Crippen molar-refractivity contribution in [3.05, 3.63) is 41.0 Å². The number of rotatable bonds is 2. The Bertz CT molecular complexity index is 686. The molecule has 2 atom stereocenters. The molecular formula is C16H18ClN3O2. The molecule has 1 fully saturated rings. The van der Waals surface area contributed by atoms with Gasteiger partial charge in [-0.15, -0.1) is 0 Å². The topological polar surface area (TPSA) is 58.2 Å². The van der Waals surface area contributed by atoms with Gasteiger partial charge in [-0.05, 0) is 26.0 Å². The number of morpholine rings is 1. The minimum Gasteiger partial charge on any atom is -0.375 e. The minimum absolute atomic E-state index is 0.0473. The summed E-state index contributed by atoms with van der Waals surface area (Å²) in [7, 11) is 0. The van der Waals surface area contributed by atoms with Crippen LogP contribution >= 0.6 is 11.6 Å². The van der Waals surface area contributed by atoms with Crippen LogP contribution in [0.1, 0.15) is 24.3 Å². The molecule has 1 amide bonds. The van der Waals surface area contributed by atoms with Crippen molar-refractivity contribution in [2.24, 2.45) is 0 Å². The van der Waals surface area contributed by atoms with E-state index in [4.69, 9.17) is 16.3 Å². The van der Waals surface area contributed by atoms with Gasteiger partial charge in [0.25, 0.3) is 5.91 Å². The standard InChI is InChI=1S/C16H18ClN3O2/c1-10-9-22-11(2)8-20(10)16(21)15-7-14(18-19-15)12-5-3-4-6-13(12)17/h3-7,10-11H,8-9H2,1-2H3,(H,18,19)/t10-,11+/m1/s1. The Hall–Kier alpha value is -1.85. The normalized spacial score (nSPS) is 21.9. The first-order valence-electron chi connectivity index (χ1n) is 7.29. The molecule has 5 nitrogen and oxygen atoms in total. The van der Waals surface area contributed by atoms with E-state index >= 15 is 0 Å². The highest BCUT2D eigenvalue weighted by atomic mass is 35.5. The van der Waals surface area contributed by atoms with E-state index in [2.05, 4.69) is 10.2 Å². The second kappa shape index (κ2) is 6.10. The largest absolute Gasteiger partial charge is 0.375 e. The average Bonchev–Trinajstić information content (AvgIpc) is 2.99. The number of ether oxygens (including phenoxy) is 1. The van der Waals surface area contributed by atoms with Crippen LogP contribution in [0, 0.1) is 0 Å². The Morgan fingerprint density at radius 1 is 1.41 bits per heavy atom. The fourth-order valence-electron chi connectivity index (χ4n) is 2.58. The molecule has 1 aliphatic rings. The molecule has 3 rings (SSSR count). The highest BCUT2D eigenvalue weighted by Gasteiger charge is 2.29. The molecule has 1 aliphatic heterocycles. The lowest BCUT2D eigenvalue weighted by molar-refractivity contribution is -0.0389. The molecule has 2 heterocycles. The Morgan fingerprint density at radius 3 is 2.95 bits per heavy atom. The predicted molar refractivity (Wildman–Crippen MR) is 84.9 cm³/mol. The summed E-state index contributed by atoms with van der Waals surface area (Å²) in [6, 6.07) is 9.24. The quantitative estimate of drug-likeness (QED) is 0.925. The fourth-order valence-corrected chi connectivity index (χ4v) is 2.81. The van der Waals surface area contributed by atoms with Crippen molar-refractivity contribution in [1.82, 2.24) is 15.1 Å². The second-order valence-corrected chi connectivity index (χ2v) is 6.00. The van der Waals surface area contributed by atoms with Crippen LogP contribution in [-0.2, 0) is 4.74 Å². The molecule has 22 heavy (non-hydrogen) atoms. The molecular weight excluding hydrogens is 302 g/mol. The van der Waals surface area contributed by atoms with Gasteiger partial charge in [0.05, 0.1) is 29.5 Å². The lowest BCUT2D eigenvalue weighted by Crippen LogP contribution is -2.50. The van der Waals surface area contributed by atoms with Crippen LogP contribution in [0.25, 0.3) is 11.3 Å². The molecule has 0 saturated carbocycles. The minimum atomic E-state index is -0.0616. The predicted octanol–water partition coefficient (Wildman–Crippen LogP) is 2.98. The summed E-state index contributed by atoms with van der Waals surface area (Å²) < 4.78 is 5.56. The SMILES string of the molecule is C[C@@H]1CO[C@@H](C)CN1C(=O)c1cc(-c2ccccc2Cl)n[nH]1. The van der Waals surface area contributed by atoms with Crippen molar-refractivity contribution in [2.75, 3.05) is 13.2 Å². The van der Waals surface area contributed by atoms with E-state index in [1.165, 1.54) is 0 Å². The van der Waals surface area contributed by atoms with Gasteiger partial charge in [0, 0.05) is 12.1 Å². The number of carbonyl (C=O) groups is 1. The number of aromatic amines is 1. The van der Waals surface area contributed by atoms with Gasteiger partial charge in [0.15, 0.2) is 0 Å². The molecule has 1 aromatic heterocycles. The number of benzene rings is 1. The summed E-state index contributed by atoms with van der Waals surface area (Å²) in [5.74, 6) is -0.0616. The van der Waals surface area contributed by atoms with Gasteiger partial charge >= 0.3 is 0 Å². The van der Waals surface area contributed by atoms with Crippen molar-refractivity contribution in [3.63, 3.8) is 0 Å². The van der Waals surface area contributed by atoms with Gasteiger partial charge in [0.2, 0.25) is 0 Å². The van der Waals surface area contributed by atoms with E-state index in [1.807, 2.05) is 36.9 Å². The third kappa shape index (κ3) is 2.87. The van der Waals surface area contributed by atoms with Crippen LogP contribution in [0.3, 0.4) is 0 Å². The maximum Gasteiger partial charge on any atom is 0.272 e. The van der Waals surface area contributed by atoms with E-state index in [0.29, 0.717) is 29.6 Å².